The summed E-state index contributed by atoms with van der Waals surface area (Å²) in [4.78, 5) is 1.38. The molecule has 0 atom stereocenters. The van der Waals surface area contributed by atoms with E-state index >= 15 is 0 Å². The molecule has 0 fully saturated rings. The molecule has 0 aliphatic rings. The zero-order valence-electron chi connectivity index (χ0n) is 8.21. The maximum atomic E-state index is 3.83. The van der Waals surface area contributed by atoms with Gasteiger partial charge in [-0.3, -0.25) is 0 Å². The summed E-state index contributed by atoms with van der Waals surface area (Å²) in [5.74, 6) is 0. The Bertz CT molecular complexity index is 219. The molecule has 0 amide bonds. The normalized spacial score (nSPS) is 14.8. The minimum Gasteiger partial charge on any atom is -0.205 e. The van der Waals surface area contributed by atoms with E-state index in [0.29, 0.717) is 0 Å². The van der Waals surface area contributed by atoms with Crippen molar-refractivity contribution in [2.75, 3.05) is 12.5 Å². The molecule has 0 saturated heterocycles. The van der Waals surface area contributed by atoms with Crippen LogP contribution in [0.1, 0.15) is 6.92 Å². The van der Waals surface area contributed by atoms with Crippen molar-refractivity contribution in [1.82, 2.24) is 0 Å². The molecule has 0 unspecified atom stereocenters. The zero-order valence-corrected chi connectivity index (χ0v) is 9.03. The maximum Gasteiger partial charge on any atom is -0.0276 e. The number of allylic oxidation sites excluding steroid dienone is 5. The van der Waals surface area contributed by atoms with E-state index in [4.69, 9.17) is 0 Å². The molecular formula is C11H18S. The molecule has 0 aliphatic heterocycles. The Kier molecular flexibility index (Phi) is 4.75. The third-order valence-corrected chi connectivity index (χ3v) is 4.45. The van der Waals surface area contributed by atoms with Crippen molar-refractivity contribution >= 4 is 10.0 Å². The second kappa shape index (κ2) is 5.04. The van der Waals surface area contributed by atoms with Gasteiger partial charge in [-0.1, -0.05) is 42.9 Å². The van der Waals surface area contributed by atoms with Crippen LogP contribution in [-0.4, -0.2) is 12.5 Å². The van der Waals surface area contributed by atoms with Crippen LogP contribution >= 0.6 is 10.0 Å². The average molecular weight is 182 g/mol. The van der Waals surface area contributed by atoms with Gasteiger partial charge in [0.2, 0.25) is 0 Å². The molecule has 0 aliphatic carbocycles. The summed E-state index contributed by atoms with van der Waals surface area (Å²) in [5, 5.41) is 2.04. The van der Waals surface area contributed by atoms with E-state index in [1.807, 2.05) is 17.6 Å². The van der Waals surface area contributed by atoms with Crippen LogP contribution in [0.5, 0.6) is 0 Å². The van der Waals surface area contributed by atoms with Crippen molar-refractivity contribution < 1.29 is 0 Å². The Morgan fingerprint density at radius 1 is 1.17 bits per heavy atom. The monoisotopic (exact) mass is 182 g/mol. The van der Waals surface area contributed by atoms with Gasteiger partial charge >= 0.3 is 0 Å². The minimum absolute atomic E-state index is 0.739. The van der Waals surface area contributed by atoms with E-state index in [1.165, 1.54) is 4.91 Å². The quantitative estimate of drug-likeness (QED) is 0.579. The fourth-order valence-corrected chi connectivity index (χ4v) is 1.27. The molecule has 0 heterocycles. The van der Waals surface area contributed by atoms with Crippen LogP contribution in [0.25, 0.3) is 0 Å². The van der Waals surface area contributed by atoms with E-state index in [9.17, 15) is 0 Å². The maximum absolute atomic E-state index is 3.83. The number of hydrogen-bond donors (Lipinski definition) is 0. The van der Waals surface area contributed by atoms with Crippen molar-refractivity contribution in [3.05, 3.63) is 47.8 Å². The summed E-state index contributed by atoms with van der Waals surface area (Å²) < 4.78 is 0. The van der Waals surface area contributed by atoms with Crippen LogP contribution in [-0.2, 0) is 0 Å². The highest BCUT2D eigenvalue weighted by atomic mass is 32.3. The molecule has 68 valence electrons. The van der Waals surface area contributed by atoms with Gasteiger partial charge in [0, 0.05) is 0 Å². The van der Waals surface area contributed by atoms with Crippen molar-refractivity contribution in [1.29, 1.82) is 0 Å². The van der Waals surface area contributed by atoms with Crippen LogP contribution in [0.15, 0.2) is 47.8 Å². The highest BCUT2D eigenvalue weighted by molar-refractivity contribution is 8.38. The lowest BCUT2D eigenvalue weighted by Crippen LogP contribution is -1.90. The Morgan fingerprint density at radius 3 is 2.17 bits per heavy atom. The Labute approximate surface area is 77.7 Å². The third kappa shape index (κ3) is 3.63. The van der Waals surface area contributed by atoms with E-state index < -0.39 is 10.0 Å². The van der Waals surface area contributed by atoms with Crippen LogP contribution in [0.2, 0.25) is 0 Å². The Balaban J connectivity index is 4.46. The molecule has 0 N–H and O–H groups in total. The van der Waals surface area contributed by atoms with Gasteiger partial charge in [0.25, 0.3) is 0 Å². The molecular weight excluding hydrogens is 164 g/mol. The molecule has 0 radical (unpaired) electrons. The topological polar surface area (TPSA) is 0 Å². The molecule has 0 nitrogen and oxygen atoms in total. The smallest absolute Gasteiger partial charge is 0.0276 e. The van der Waals surface area contributed by atoms with Gasteiger partial charge in [-0.15, -0.1) is 0 Å². The van der Waals surface area contributed by atoms with Crippen LogP contribution in [0.3, 0.4) is 0 Å². The van der Waals surface area contributed by atoms with E-state index in [0.717, 1.165) is 0 Å². The first kappa shape index (κ1) is 11.3. The van der Waals surface area contributed by atoms with Crippen molar-refractivity contribution in [3.8, 4) is 0 Å². The second-order valence-corrected chi connectivity index (χ2v) is 6.76. The highest BCUT2D eigenvalue weighted by Crippen LogP contribution is 2.48. The first-order chi connectivity index (χ1) is 5.54. The minimum atomic E-state index is -0.739. The Morgan fingerprint density at radius 2 is 1.75 bits per heavy atom. The van der Waals surface area contributed by atoms with Gasteiger partial charge in [0.15, 0.2) is 0 Å². The third-order valence-electron chi connectivity index (χ3n) is 1.82. The summed E-state index contributed by atoms with van der Waals surface area (Å²) in [6.45, 7) is 9.59. The van der Waals surface area contributed by atoms with Crippen molar-refractivity contribution in [2.45, 2.75) is 6.92 Å². The average Bonchev–Trinajstić information content (AvgIpc) is 2.05. The molecule has 0 aromatic rings. The van der Waals surface area contributed by atoms with E-state index in [1.54, 1.807) is 6.08 Å². The van der Waals surface area contributed by atoms with Gasteiger partial charge in [-0.2, -0.15) is 0 Å². The highest BCUT2D eigenvalue weighted by Gasteiger charge is 2.06. The zero-order chi connectivity index (χ0) is 9.61. The number of rotatable bonds is 4. The largest absolute Gasteiger partial charge is 0.205 e. The summed E-state index contributed by atoms with van der Waals surface area (Å²) >= 11 is 0. The first-order valence-corrected chi connectivity index (χ1v) is 6.37. The van der Waals surface area contributed by atoms with E-state index in [-0.39, 0.29) is 0 Å². The molecule has 0 bridgehead atoms. The lowest BCUT2D eigenvalue weighted by Gasteiger charge is -2.27. The molecule has 0 rings (SSSR count). The summed E-state index contributed by atoms with van der Waals surface area (Å²) in [5.41, 5.74) is 0. The van der Waals surface area contributed by atoms with Gasteiger partial charge in [-0.25, -0.2) is 10.0 Å². The predicted molar refractivity (Wildman–Crippen MR) is 62.7 cm³/mol. The van der Waals surface area contributed by atoms with E-state index in [2.05, 4.69) is 38.7 Å². The van der Waals surface area contributed by atoms with Crippen molar-refractivity contribution in [3.63, 3.8) is 0 Å². The SMILES string of the molecule is C=CC=C/C=C(/C)S(C)(C)C=C. The van der Waals surface area contributed by atoms with Crippen LogP contribution in [0.4, 0.5) is 0 Å². The lowest BCUT2D eigenvalue weighted by molar-refractivity contribution is 1.64. The fraction of sp³-hybridized carbons (Fsp3) is 0.273. The predicted octanol–water partition coefficient (Wildman–Crippen LogP) is 3.84. The van der Waals surface area contributed by atoms with Gasteiger partial charge < -0.3 is 0 Å². The first-order valence-electron chi connectivity index (χ1n) is 3.86. The number of hydrogen-bond acceptors (Lipinski definition) is 0. The lowest BCUT2D eigenvalue weighted by atomic mass is 10.4. The molecule has 0 saturated carbocycles. The van der Waals surface area contributed by atoms with Gasteiger partial charge in [0.1, 0.15) is 0 Å². The van der Waals surface area contributed by atoms with Crippen LogP contribution < -0.4 is 0 Å². The molecule has 1 heteroatoms. The fourth-order valence-electron chi connectivity index (χ4n) is 0.576. The molecule has 0 spiro atoms. The standard InChI is InChI=1S/C11H18S/c1-6-8-9-10-11(3)12(4,5)7-2/h6-10H,1-2H2,3-5H3/b9-8?,11-10-. The van der Waals surface area contributed by atoms with Crippen LogP contribution in [0, 0.1) is 0 Å². The summed E-state index contributed by atoms with van der Waals surface area (Å²) in [6.07, 6.45) is 12.3. The second-order valence-electron chi connectivity index (χ2n) is 2.97. The van der Waals surface area contributed by atoms with Gasteiger partial charge in [-0.05, 0) is 24.3 Å². The summed E-state index contributed by atoms with van der Waals surface area (Å²) in [7, 11) is -0.739. The van der Waals surface area contributed by atoms with Crippen molar-refractivity contribution in [2.24, 2.45) is 0 Å². The van der Waals surface area contributed by atoms with Gasteiger partial charge in [0.05, 0.1) is 0 Å². The Hall–Kier alpha value is -0.690. The molecule has 0 aromatic heterocycles. The molecule has 0 aromatic carbocycles. The molecule has 12 heavy (non-hydrogen) atoms. The summed E-state index contributed by atoms with van der Waals surface area (Å²) in [6, 6.07) is 0.